The van der Waals surface area contributed by atoms with Crippen molar-refractivity contribution >= 4 is 38.6 Å². The Morgan fingerprint density at radius 3 is 2.76 bits per heavy atom. The van der Waals surface area contributed by atoms with Crippen LogP contribution in [-0.2, 0) is 0 Å². The number of hydrogen-bond acceptors (Lipinski definition) is 4. The van der Waals surface area contributed by atoms with Gasteiger partial charge in [0, 0.05) is 20.8 Å². The fourth-order valence-corrected chi connectivity index (χ4v) is 3.80. The van der Waals surface area contributed by atoms with E-state index < -0.39 is 0 Å². The van der Waals surface area contributed by atoms with Gasteiger partial charge < -0.3 is 5.73 Å². The lowest BCUT2D eigenvalue weighted by atomic mass is 10.1. The van der Waals surface area contributed by atoms with Gasteiger partial charge in [0.1, 0.15) is 11.4 Å². The van der Waals surface area contributed by atoms with Gasteiger partial charge in [-0.05, 0) is 30.7 Å². The maximum absolute atomic E-state index is 6.07. The van der Waals surface area contributed by atoms with Crippen LogP contribution in [-0.4, -0.2) is 9.97 Å². The summed E-state index contributed by atoms with van der Waals surface area (Å²) in [5.74, 6) is 0. The summed E-state index contributed by atoms with van der Waals surface area (Å²) in [5, 5.41) is 2.00. The number of halogens is 1. The molecule has 0 radical (unpaired) electrons. The number of nitrogens with zero attached hydrogens (tertiary/aromatic N) is 2. The van der Waals surface area contributed by atoms with Crippen molar-refractivity contribution in [2.75, 3.05) is 0 Å². The molecule has 0 aliphatic rings. The second-order valence-electron chi connectivity index (χ2n) is 4.77. The molecule has 0 saturated heterocycles. The minimum atomic E-state index is -0.0197. The Bertz CT molecular complexity index is 784. The average Bonchev–Trinajstić information content (AvgIpc) is 2.47. The van der Waals surface area contributed by atoms with Crippen molar-refractivity contribution in [3.63, 3.8) is 0 Å². The molecule has 1 heterocycles. The van der Waals surface area contributed by atoms with Crippen LogP contribution in [0, 0.1) is 0 Å². The average molecular weight is 360 g/mol. The summed E-state index contributed by atoms with van der Waals surface area (Å²) in [5.41, 5.74) is 8.14. The van der Waals surface area contributed by atoms with Gasteiger partial charge in [-0.3, -0.25) is 0 Å². The van der Waals surface area contributed by atoms with E-state index in [0.29, 0.717) is 0 Å². The summed E-state index contributed by atoms with van der Waals surface area (Å²) in [7, 11) is 0. The molecule has 1 atom stereocenters. The highest BCUT2D eigenvalue weighted by molar-refractivity contribution is 9.10. The SMILES string of the molecule is CC(N)c1ccc(Br)cc1Sc1ncnc2ccccc12. The number of aromatic nitrogens is 2. The molecule has 0 amide bonds. The van der Waals surface area contributed by atoms with Crippen LogP contribution in [0.15, 0.2) is 63.2 Å². The van der Waals surface area contributed by atoms with Gasteiger partial charge in [0.25, 0.3) is 0 Å². The van der Waals surface area contributed by atoms with Crippen LogP contribution in [0.4, 0.5) is 0 Å². The normalized spacial score (nSPS) is 12.5. The Balaban J connectivity index is 2.09. The summed E-state index contributed by atoms with van der Waals surface area (Å²) >= 11 is 5.15. The Morgan fingerprint density at radius 1 is 1.14 bits per heavy atom. The third-order valence-corrected chi connectivity index (χ3v) is 4.76. The maximum Gasteiger partial charge on any atom is 0.117 e. The third-order valence-electron chi connectivity index (χ3n) is 3.18. The molecule has 0 bridgehead atoms. The summed E-state index contributed by atoms with van der Waals surface area (Å²) in [6, 6.07) is 14.2. The molecule has 21 heavy (non-hydrogen) atoms. The molecule has 0 aliphatic heterocycles. The van der Waals surface area contributed by atoms with Crippen molar-refractivity contribution < 1.29 is 0 Å². The zero-order valence-electron chi connectivity index (χ0n) is 11.5. The molecular formula is C16H14BrN3S. The van der Waals surface area contributed by atoms with E-state index in [-0.39, 0.29) is 6.04 Å². The predicted molar refractivity (Wildman–Crippen MR) is 90.4 cm³/mol. The molecule has 3 aromatic rings. The van der Waals surface area contributed by atoms with Crippen LogP contribution >= 0.6 is 27.7 Å². The first-order chi connectivity index (χ1) is 10.1. The fourth-order valence-electron chi connectivity index (χ4n) is 2.14. The molecule has 2 N–H and O–H groups in total. The van der Waals surface area contributed by atoms with E-state index in [1.54, 1.807) is 18.1 Å². The van der Waals surface area contributed by atoms with E-state index in [1.165, 1.54) is 0 Å². The van der Waals surface area contributed by atoms with E-state index in [9.17, 15) is 0 Å². The van der Waals surface area contributed by atoms with E-state index >= 15 is 0 Å². The monoisotopic (exact) mass is 359 g/mol. The zero-order chi connectivity index (χ0) is 14.8. The molecule has 106 valence electrons. The highest BCUT2D eigenvalue weighted by atomic mass is 79.9. The number of nitrogens with two attached hydrogens (primary N) is 1. The van der Waals surface area contributed by atoms with Gasteiger partial charge in [0.05, 0.1) is 5.52 Å². The van der Waals surface area contributed by atoms with E-state index in [4.69, 9.17) is 5.73 Å². The molecule has 0 saturated carbocycles. The lowest BCUT2D eigenvalue weighted by Gasteiger charge is -2.13. The molecule has 1 aromatic heterocycles. The van der Waals surface area contributed by atoms with Crippen molar-refractivity contribution in [1.82, 2.24) is 9.97 Å². The number of fused-ring (bicyclic) bond motifs is 1. The smallest absolute Gasteiger partial charge is 0.117 e. The van der Waals surface area contributed by atoms with Crippen LogP contribution in [0.3, 0.4) is 0 Å². The predicted octanol–water partition coefficient (Wildman–Crippen LogP) is 4.56. The van der Waals surface area contributed by atoms with Crippen molar-refractivity contribution in [3.8, 4) is 0 Å². The van der Waals surface area contributed by atoms with Crippen LogP contribution in [0.5, 0.6) is 0 Å². The molecule has 2 aromatic carbocycles. The first-order valence-corrected chi connectivity index (χ1v) is 8.19. The topological polar surface area (TPSA) is 51.8 Å². The Hall–Kier alpha value is -1.43. The van der Waals surface area contributed by atoms with E-state index in [2.05, 4.69) is 38.0 Å². The van der Waals surface area contributed by atoms with Crippen molar-refractivity contribution in [2.24, 2.45) is 5.73 Å². The summed E-state index contributed by atoms with van der Waals surface area (Å²) < 4.78 is 1.03. The first-order valence-electron chi connectivity index (χ1n) is 6.58. The molecule has 0 aliphatic carbocycles. The van der Waals surface area contributed by atoms with E-state index in [0.717, 1.165) is 30.9 Å². The minimum Gasteiger partial charge on any atom is -0.324 e. The summed E-state index contributed by atoms with van der Waals surface area (Å²) in [6.07, 6.45) is 1.61. The van der Waals surface area contributed by atoms with Crippen LogP contribution < -0.4 is 5.73 Å². The standard InChI is InChI=1S/C16H14BrN3S/c1-10(18)12-7-6-11(17)8-15(12)21-16-13-4-2-3-5-14(13)19-9-20-16/h2-10H,18H2,1H3. The number of benzene rings is 2. The van der Waals surface area contributed by atoms with Crippen LogP contribution in [0.1, 0.15) is 18.5 Å². The first kappa shape index (κ1) is 14.5. The zero-order valence-corrected chi connectivity index (χ0v) is 13.9. The Kier molecular flexibility index (Phi) is 4.24. The lowest BCUT2D eigenvalue weighted by molar-refractivity contribution is 0.796. The molecule has 1 unspecified atom stereocenters. The second-order valence-corrected chi connectivity index (χ2v) is 6.72. The van der Waals surface area contributed by atoms with Gasteiger partial charge >= 0.3 is 0 Å². The number of rotatable bonds is 3. The van der Waals surface area contributed by atoms with Crippen molar-refractivity contribution in [1.29, 1.82) is 0 Å². The van der Waals surface area contributed by atoms with Gasteiger partial charge in [-0.25, -0.2) is 9.97 Å². The van der Waals surface area contributed by atoms with Gasteiger partial charge in [-0.2, -0.15) is 0 Å². The largest absolute Gasteiger partial charge is 0.324 e. The highest BCUT2D eigenvalue weighted by Crippen LogP contribution is 2.36. The highest BCUT2D eigenvalue weighted by Gasteiger charge is 2.12. The number of hydrogen-bond donors (Lipinski definition) is 1. The molecule has 5 heteroatoms. The second kappa shape index (κ2) is 6.13. The maximum atomic E-state index is 6.07. The van der Waals surface area contributed by atoms with Gasteiger partial charge in [-0.15, -0.1) is 0 Å². The van der Waals surface area contributed by atoms with Gasteiger partial charge in [0.15, 0.2) is 0 Å². The Morgan fingerprint density at radius 2 is 1.95 bits per heavy atom. The molecule has 3 nitrogen and oxygen atoms in total. The molecule has 0 fully saturated rings. The van der Waals surface area contributed by atoms with Crippen LogP contribution in [0.25, 0.3) is 10.9 Å². The minimum absolute atomic E-state index is 0.0197. The molecule has 0 spiro atoms. The lowest BCUT2D eigenvalue weighted by Crippen LogP contribution is -2.06. The van der Waals surface area contributed by atoms with E-state index in [1.807, 2.05) is 37.3 Å². The van der Waals surface area contributed by atoms with Crippen molar-refractivity contribution in [3.05, 3.63) is 58.8 Å². The Labute approximate surface area is 136 Å². The quantitative estimate of drug-likeness (QED) is 0.696. The molecule has 3 rings (SSSR count). The fraction of sp³-hybridized carbons (Fsp3) is 0.125. The molecular weight excluding hydrogens is 346 g/mol. The van der Waals surface area contributed by atoms with Crippen LogP contribution in [0.2, 0.25) is 0 Å². The third kappa shape index (κ3) is 3.10. The van der Waals surface area contributed by atoms with Gasteiger partial charge in [0.2, 0.25) is 0 Å². The van der Waals surface area contributed by atoms with Gasteiger partial charge in [-0.1, -0.05) is 52.0 Å². The summed E-state index contributed by atoms with van der Waals surface area (Å²) in [6.45, 7) is 1.99. The number of para-hydroxylation sites is 1. The van der Waals surface area contributed by atoms with Crippen molar-refractivity contribution in [2.45, 2.75) is 22.9 Å². The summed E-state index contributed by atoms with van der Waals surface area (Å²) in [4.78, 5) is 9.84.